The highest BCUT2D eigenvalue weighted by Gasteiger charge is 2.32. The number of carbonyl (C=O) groups is 2. The highest BCUT2D eigenvalue weighted by Crippen LogP contribution is 2.24. The predicted octanol–water partition coefficient (Wildman–Crippen LogP) is 3.80. The van der Waals surface area contributed by atoms with Crippen molar-refractivity contribution in [1.29, 1.82) is 0 Å². The Morgan fingerprint density at radius 2 is 1.85 bits per heavy atom. The van der Waals surface area contributed by atoms with Crippen molar-refractivity contribution in [1.82, 2.24) is 10.2 Å². The molecule has 0 saturated carbocycles. The molecule has 1 aromatic carbocycles. The summed E-state index contributed by atoms with van der Waals surface area (Å²) in [6.07, 6.45) is 6.50. The van der Waals surface area contributed by atoms with Gasteiger partial charge in [0.2, 0.25) is 5.91 Å². The maximum Gasteiger partial charge on any atom is 0.258 e. The van der Waals surface area contributed by atoms with E-state index >= 15 is 0 Å². The molecular weight excluding hydrogens is 340 g/mol. The van der Waals surface area contributed by atoms with Gasteiger partial charge in [0.25, 0.3) is 5.91 Å². The van der Waals surface area contributed by atoms with Crippen molar-refractivity contribution >= 4 is 11.8 Å². The van der Waals surface area contributed by atoms with E-state index in [4.69, 9.17) is 4.74 Å². The van der Waals surface area contributed by atoms with Gasteiger partial charge in [0, 0.05) is 19.5 Å². The van der Waals surface area contributed by atoms with Crippen molar-refractivity contribution in [3.05, 3.63) is 42.0 Å². The first-order valence-electron chi connectivity index (χ1n) is 9.83. The normalized spacial score (nSPS) is 26.0. The Bertz CT molecular complexity index is 684. The Morgan fingerprint density at radius 3 is 2.52 bits per heavy atom. The lowest BCUT2D eigenvalue weighted by Gasteiger charge is -2.32. The minimum Gasteiger partial charge on any atom is -0.490 e. The second-order valence-electron chi connectivity index (χ2n) is 7.59. The summed E-state index contributed by atoms with van der Waals surface area (Å²) < 4.78 is 6.04. The molecule has 1 aliphatic heterocycles. The van der Waals surface area contributed by atoms with Crippen LogP contribution in [-0.2, 0) is 4.79 Å². The second-order valence-corrected chi connectivity index (χ2v) is 7.59. The monoisotopic (exact) mass is 372 g/mol. The van der Waals surface area contributed by atoms with Crippen LogP contribution in [0, 0.1) is 5.92 Å². The van der Waals surface area contributed by atoms with Gasteiger partial charge in [0.05, 0.1) is 11.7 Å². The molecule has 5 nitrogen and oxygen atoms in total. The number of ether oxygens (including phenoxy) is 1. The number of rotatable bonds is 2. The first kappa shape index (κ1) is 21.0. The summed E-state index contributed by atoms with van der Waals surface area (Å²) in [7, 11) is 1.69. The number of benzene rings is 1. The molecule has 0 unspecified atom stereocenters. The fourth-order valence-electron chi connectivity index (χ4n) is 3.42. The van der Waals surface area contributed by atoms with Crippen molar-refractivity contribution < 1.29 is 14.3 Å². The van der Waals surface area contributed by atoms with Gasteiger partial charge < -0.3 is 15.0 Å². The van der Waals surface area contributed by atoms with Crippen molar-refractivity contribution in [2.75, 3.05) is 7.05 Å². The van der Waals surface area contributed by atoms with Gasteiger partial charge in [0.15, 0.2) is 0 Å². The predicted molar refractivity (Wildman–Crippen MR) is 108 cm³/mol. The van der Waals surface area contributed by atoms with E-state index in [0.29, 0.717) is 11.3 Å². The largest absolute Gasteiger partial charge is 0.490 e. The van der Waals surface area contributed by atoms with Crippen LogP contribution in [-0.4, -0.2) is 41.9 Å². The van der Waals surface area contributed by atoms with Gasteiger partial charge in [-0.3, -0.25) is 9.59 Å². The molecular formula is C22H32N2O3. The molecule has 2 amide bonds. The molecule has 1 heterocycles. The number of carbonyl (C=O) groups excluding carboxylic acids is 2. The lowest BCUT2D eigenvalue weighted by Crippen LogP contribution is -2.52. The standard InChI is InChI=1S/C22H32N2O3/c1-6-17-12-8-7-11-16(4)27-19-14-10-9-13-18(19)22(26)24(5)20(15(2)3)21(25)23-17/h7-10,13-17,20H,6,11-12H2,1-5H3,(H,23,25)/b8-7+/t16-,17+,20+/m1/s1. The topological polar surface area (TPSA) is 58.6 Å². The molecule has 148 valence electrons. The summed E-state index contributed by atoms with van der Waals surface area (Å²) >= 11 is 0. The molecule has 1 N–H and O–H groups in total. The molecule has 0 aliphatic carbocycles. The molecule has 0 spiro atoms. The number of para-hydroxylation sites is 1. The number of nitrogens with one attached hydrogen (secondary N) is 1. The van der Waals surface area contributed by atoms with Gasteiger partial charge in [-0.15, -0.1) is 0 Å². The SMILES string of the molecule is CC[C@H]1C/C=C/C[C@@H](C)Oc2ccccc2C(=O)N(C)[C@@H](C(C)C)C(=O)N1. The summed E-state index contributed by atoms with van der Waals surface area (Å²) in [6.45, 7) is 7.98. The van der Waals surface area contributed by atoms with Crippen molar-refractivity contribution in [3.63, 3.8) is 0 Å². The van der Waals surface area contributed by atoms with Crippen LogP contribution in [0.1, 0.15) is 57.3 Å². The Morgan fingerprint density at radius 1 is 1.19 bits per heavy atom. The molecule has 1 aromatic rings. The lowest BCUT2D eigenvalue weighted by atomic mass is 9.99. The van der Waals surface area contributed by atoms with Crippen LogP contribution >= 0.6 is 0 Å². The number of nitrogens with zero attached hydrogens (tertiary/aromatic N) is 1. The second kappa shape index (κ2) is 9.58. The fourth-order valence-corrected chi connectivity index (χ4v) is 3.42. The molecule has 0 radical (unpaired) electrons. The van der Waals surface area contributed by atoms with Gasteiger partial charge in [-0.2, -0.15) is 0 Å². The molecule has 1 aliphatic rings. The maximum absolute atomic E-state index is 13.2. The zero-order chi connectivity index (χ0) is 20.0. The quantitative estimate of drug-likeness (QED) is 0.804. The number of likely N-dealkylation sites (N-methyl/N-ethyl adjacent to an activating group) is 1. The third-order valence-corrected chi connectivity index (χ3v) is 4.98. The van der Waals surface area contributed by atoms with Crippen LogP contribution in [0.15, 0.2) is 36.4 Å². The van der Waals surface area contributed by atoms with Crippen LogP contribution in [0.25, 0.3) is 0 Å². The van der Waals surface area contributed by atoms with E-state index in [1.165, 1.54) is 0 Å². The molecule has 2 rings (SSSR count). The summed E-state index contributed by atoms with van der Waals surface area (Å²) in [6, 6.07) is 6.77. The number of hydrogen-bond donors (Lipinski definition) is 1. The first-order valence-corrected chi connectivity index (χ1v) is 9.83. The molecule has 27 heavy (non-hydrogen) atoms. The Kier molecular flexibility index (Phi) is 7.45. The van der Waals surface area contributed by atoms with E-state index in [9.17, 15) is 9.59 Å². The highest BCUT2D eigenvalue weighted by molar-refractivity contribution is 5.99. The average molecular weight is 373 g/mol. The smallest absolute Gasteiger partial charge is 0.258 e. The lowest BCUT2D eigenvalue weighted by molar-refractivity contribution is -0.127. The third-order valence-electron chi connectivity index (χ3n) is 4.98. The van der Waals surface area contributed by atoms with E-state index in [2.05, 4.69) is 24.4 Å². The van der Waals surface area contributed by atoms with Gasteiger partial charge in [0.1, 0.15) is 11.8 Å². The van der Waals surface area contributed by atoms with Crippen molar-refractivity contribution in [3.8, 4) is 5.75 Å². The first-order chi connectivity index (χ1) is 12.8. The average Bonchev–Trinajstić information content (AvgIpc) is 2.63. The zero-order valence-corrected chi connectivity index (χ0v) is 17.1. The van der Waals surface area contributed by atoms with Gasteiger partial charge in [-0.25, -0.2) is 0 Å². The highest BCUT2D eigenvalue weighted by atomic mass is 16.5. The van der Waals surface area contributed by atoms with Gasteiger partial charge >= 0.3 is 0 Å². The summed E-state index contributed by atoms with van der Waals surface area (Å²) in [5, 5.41) is 3.12. The van der Waals surface area contributed by atoms with E-state index < -0.39 is 6.04 Å². The van der Waals surface area contributed by atoms with E-state index in [1.807, 2.05) is 39.0 Å². The van der Waals surface area contributed by atoms with Crippen LogP contribution in [0.4, 0.5) is 0 Å². The molecule has 0 aromatic heterocycles. The van der Waals surface area contributed by atoms with Crippen LogP contribution in [0.3, 0.4) is 0 Å². The van der Waals surface area contributed by atoms with E-state index in [-0.39, 0.29) is 29.9 Å². The number of amides is 2. The Labute approximate surface area is 162 Å². The van der Waals surface area contributed by atoms with Gasteiger partial charge in [-0.1, -0.05) is 45.1 Å². The fraction of sp³-hybridized carbons (Fsp3) is 0.545. The number of hydrogen-bond acceptors (Lipinski definition) is 3. The number of fused-ring (bicyclic) bond motifs is 1. The zero-order valence-electron chi connectivity index (χ0n) is 17.1. The van der Waals surface area contributed by atoms with Crippen LogP contribution in [0.2, 0.25) is 0 Å². The van der Waals surface area contributed by atoms with Crippen molar-refractivity contribution in [2.24, 2.45) is 5.92 Å². The Balaban J connectivity index is 2.43. The molecule has 0 fully saturated rings. The van der Waals surface area contributed by atoms with Crippen LogP contribution < -0.4 is 10.1 Å². The maximum atomic E-state index is 13.2. The molecule has 0 bridgehead atoms. The molecule has 3 atom stereocenters. The summed E-state index contributed by atoms with van der Waals surface area (Å²) in [5.74, 6) is 0.241. The Hall–Kier alpha value is -2.30. The minimum atomic E-state index is -0.538. The van der Waals surface area contributed by atoms with Gasteiger partial charge in [-0.05, 0) is 37.8 Å². The molecule has 5 heteroatoms. The summed E-state index contributed by atoms with van der Waals surface area (Å²) in [4.78, 5) is 27.7. The van der Waals surface area contributed by atoms with E-state index in [1.54, 1.807) is 18.0 Å². The third kappa shape index (κ3) is 5.34. The summed E-state index contributed by atoms with van der Waals surface area (Å²) in [5.41, 5.74) is 0.485. The van der Waals surface area contributed by atoms with E-state index in [0.717, 1.165) is 19.3 Å². The van der Waals surface area contributed by atoms with Crippen molar-refractivity contribution in [2.45, 2.75) is 65.1 Å². The molecule has 0 saturated heterocycles. The van der Waals surface area contributed by atoms with Crippen LogP contribution in [0.5, 0.6) is 5.75 Å². The minimum absolute atomic E-state index is 0.00749.